The minimum Gasteiger partial charge on any atom is -0.493 e. The molecule has 0 spiro atoms. The zero-order valence-electron chi connectivity index (χ0n) is 9.03. The second kappa shape index (κ2) is 5.34. The number of nitro benzene ring substituents is 1. The third-order valence-corrected chi connectivity index (χ3v) is 2.21. The summed E-state index contributed by atoms with van der Waals surface area (Å²) in [6.45, 7) is 4.39. The van der Waals surface area contributed by atoms with Crippen LogP contribution in [0.4, 0.5) is 5.69 Å². The molecule has 1 aromatic rings. The first-order valence-corrected chi connectivity index (χ1v) is 5.03. The Morgan fingerprint density at radius 2 is 2.20 bits per heavy atom. The van der Waals surface area contributed by atoms with Crippen molar-refractivity contribution in [3.8, 4) is 5.75 Å². The topological polar surface area (TPSA) is 52.4 Å². The van der Waals surface area contributed by atoms with E-state index in [1.165, 1.54) is 6.07 Å². The Balaban J connectivity index is 2.80. The Bertz CT molecular complexity index is 350. The molecule has 0 aliphatic heterocycles. The van der Waals surface area contributed by atoms with Crippen molar-refractivity contribution in [2.75, 3.05) is 6.61 Å². The quantitative estimate of drug-likeness (QED) is 0.425. The van der Waals surface area contributed by atoms with E-state index in [2.05, 4.69) is 6.92 Å². The van der Waals surface area contributed by atoms with Crippen molar-refractivity contribution < 1.29 is 9.66 Å². The number of hydrogen-bond donors (Lipinski definition) is 0. The second-order valence-corrected chi connectivity index (χ2v) is 3.36. The van der Waals surface area contributed by atoms with Gasteiger partial charge in [0.2, 0.25) is 0 Å². The summed E-state index contributed by atoms with van der Waals surface area (Å²) >= 11 is 0. The van der Waals surface area contributed by atoms with Gasteiger partial charge in [-0.15, -0.1) is 0 Å². The summed E-state index contributed by atoms with van der Waals surface area (Å²) in [5.74, 6) is 0.609. The number of unbranched alkanes of at least 4 members (excludes halogenated alkanes) is 1. The molecule has 0 radical (unpaired) electrons. The van der Waals surface area contributed by atoms with Crippen LogP contribution in [0, 0.1) is 17.0 Å². The van der Waals surface area contributed by atoms with Crippen LogP contribution in [0.25, 0.3) is 0 Å². The molecule has 0 atom stereocenters. The first-order chi connectivity index (χ1) is 7.16. The summed E-state index contributed by atoms with van der Waals surface area (Å²) in [6.07, 6.45) is 2.01. The van der Waals surface area contributed by atoms with Gasteiger partial charge in [0.05, 0.1) is 17.1 Å². The number of benzene rings is 1. The molecule has 0 amide bonds. The molecule has 0 bridgehead atoms. The van der Waals surface area contributed by atoms with Gasteiger partial charge in [-0.2, -0.15) is 0 Å². The molecule has 0 aromatic heterocycles. The third-order valence-electron chi connectivity index (χ3n) is 2.21. The molecule has 0 saturated heterocycles. The van der Waals surface area contributed by atoms with Crippen LogP contribution in [0.5, 0.6) is 5.75 Å². The van der Waals surface area contributed by atoms with Crippen molar-refractivity contribution in [3.05, 3.63) is 33.9 Å². The average Bonchev–Trinajstić information content (AvgIpc) is 2.20. The van der Waals surface area contributed by atoms with Crippen molar-refractivity contribution in [3.63, 3.8) is 0 Å². The van der Waals surface area contributed by atoms with E-state index in [0.29, 0.717) is 17.9 Å². The van der Waals surface area contributed by atoms with Crippen LogP contribution in [0.1, 0.15) is 25.3 Å². The first-order valence-electron chi connectivity index (χ1n) is 5.03. The molecule has 0 fully saturated rings. The molecule has 0 aliphatic rings. The molecule has 4 heteroatoms. The van der Waals surface area contributed by atoms with Crippen LogP contribution in [-0.4, -0.2) is 11.5 Å². The Morgan fingerprint density at radius 1 is 1.47 bits per heavy atom. The molecule has 0 heterocycles. The molecule has 4 nitrogen and oxygen atoms in total. The third kappa shape index (κ3) is 2.94. The van der Waals surface area contributed by atoms with Crippen molar-refractivity contribution in [2.24, 2.45) is 0 Å². The van der Waals surface area contributed by atoms with Gasteiger partial charge in [-0.3, -0.25) is 10.1 Å². The molecule has 15 heavy (non-hydrogen) atoms. The maximum atomic E-state index is 10.7. The van der Waals surface area contributed by atoms with E-state index in [1.807, 2.05) is 0 Å². The summed E-state index contributed by atoms with van der Waals surface area (Å²) in [7, 11) is 0. The highest BCUT2D eigenvalue weighted by molar-refractivity contribution is 5.48. The summed E-state index contributed by atoms with van der Waals surface area (Å²) in [5, 5.41) is 10.7. The fourth-order valence-corrected chi connectivity index (χ4v) is 1.28. The van der Waals surface area contributed by atoms with E-state index in [1.54, 1.807) is 19.1 Å². The number of nitrogens with zero attached hydrogens (tertiary/aromatic N) is 1. The Labute approximate surface area is 89.0 Å². The van der Waals surface area contributed by atoms with Gasteiger partial charge in [0.1, 0.15) is 5.75 Å². The summed E-state index contributed by atoms with van der Waals surface area (Å²) < 4.78 is 5.46. The smallest absolute Gasteiger partial charge is 0.276 e. The van der Waals surface area contributed by atoms with Gasteiger partial charge < -0.3 is 4.74 Å². The minimum absolute atomic E-state index is 0.115. The molecule has 0 aliphatic carbocycles. The van der Waals surface area contributed by atoms with Crippen LogP contribution >= 0.6 is 0 Å². The van der Waals surface area contributed by atoms with E-state index in [0.717, 1.165) is 12.8 Å². The highest BCUT2D eigenvalue weighted by Crippen LogP contribution is 2.26. The van der Waals surface area contributed by atoms with Crippen molar-refractivity contribution in [2.45, 2.75) is 26.7 Å². The lowest BCUT2D eigenvalue weighted by atomic mass is 10.2. The molecular weight excluding hydrogens is 194 g/mol. The molecule has 0 saturated carbocycles. The first kappa shape index (κ1) is 11.5. The van der Waals surface area contributed by atoms with Gasteiger partial charge in [0, 0.05) is 6.07 Å². The van der Waals surface area contributed by atoms with E-state index in [-0.39, 0.29) is 10.6 Å². The Morgan fingerprint density at radius 3 is 2.80 bits per heavy atom. The van der Waals surface area contributed by atoms with Crippen LogP contribution < -0.4 is 4.74 Å². The zero-order valence-corrected chi connectivity index (χ0v) is 9.03. The van der Waals surface area contributed by atoms with E-state index in [4.69, 9.17) is 4.74 Å². The lowest BCUT2D eigenvalue weighted by Crippen LogP contribution is -2.00. The van der Waals surface area contributed by atoms with Gasteiger partial charge >= 0.3 is 0 Å². The van der Waals surface area contributed by atoms with Crippen molar-refractivity contribution >= 4 is 5.69 Å². The maximum absolute atomic E-state index is 10.7. The standard InChI is InChI=1S/C11H15NO3/c1-3-4-8-15-11-7-5-6-10(9(11)2)12(13)14/h5-7H,3-4,8H2,1-2H3. The van der Waals surface area contributed by atoms with Crippen LogP contribution in [0.3, 0.4) is 0 Å². The van der Waals surface area contributed by atoms with Gasteiger partial charge in [-0.1, -0.05) is 19.4 Å². The monoisotopic (exact) mass is 209 g/mol. The number of rotatable bonds is 5. The minimum atomic E-state index is -0.387. The predicted octanol–water partition coefficient (Wildman–Crippen LogP) is 3.08. The van der Waals surface area contributed by atoms with Gasteiger partial charge in [0.15, 0.2) is 0 Å². The molecule has 1 rings (SSSR count). The summed E-state index contributed by atoms with van der Waals surface area (Å²) in [5.41, 5.74) is 0.711. The van der Waals surface area contributed by atoms with Crippen LogP contribution in [0.15, 0.2) is 18.2 Å². The summed E-state index contributed by atoms with van der Waals surface area (Å²) in [4.78, 5) is 10.3. The molecular formula is C11H15NO3. The Kier molecular flexibility index (Phi) is 4.09. The molecule has 82 valence electrons. The van der Waals surface area contributed by atoms with Gasteiger partial charge in [0.25, 0.3) is 5.69 Å². The normalized spacial score (nSPS) is 10.0. The van der Waals surface area contributed by atoms with E-state index < -0.39 is 0 Å². The number of ether oxygens (including phenoxy) is 1. The van der Waals surface area contributed by atoms with E-state index in [9.17, 15) is 10.1 Å². The Hall–Kier alpha value is -1.58. The van der Waals surface area contributed by atoms with Crippen molar-refractivity contribution in [1.29, 1.82) is 0 Å². The lowest BCUT2D eigenvalue weighted by Gasteiger charge is -2.08. The average molecular weight is 209 g/mol. The SMILES string of the molecule is CCCCOc1cccc([N+](=O)[O-])c1C. The van der Waals surface area contributed by atoms with Gasteiger partial charge in [-0.05, 0) is 19.4 Å². The number of hydrogen-bond acceptors (Lipinski definition) is 3. The predicted molar refractivity (Wildman–Crippen MR) is 58.2 cm³/mol. The second-order valence-electron chi connectivity index (χ2n) is 3.36. The zero-order chi connectivity index (χ0) is 11.3. The molecule has 1 aromatic carbocycles. The largest absolute Gasteiger partial charge is 0.493 e. The van der Waals surface area contributed by atoms with Crippen LogP contribution in [0.2, 0.25) is 0 Å². The van der Waals surface area contributed by atoms with Crippen LogP contribution in [-0.2, 0) is 0 Å². The fraction of sp³-hybridized carbons (Fsp3) is 0.455. The van der Waals surface area contributed by atoms with Crippen molar-refractivity contribution in [1.82, 2.24) is 0 Å². The molecule has 0 unspecified atom stereocenters. The highest BCUT2D eigenvalue weighted by atomic mass is 16.6. The fourth-order valence-electron chi connectivity index (χ4n) is 1.28. The lowest BCUT2D eigenvalue weighted by molar-refractivity contribution is -0.385. The van der Waals surface area contributed by atoms with E-state index >= 15 is 0 Å². The maximum Gasteiger partial charge on any atom is 0.276 e. The molecule has 0 N–H and O–H groups in total. The number of nitro groups is 1. The summed E-state index contributed by atoms with van der Waals surface area (Å²) in [6, 6.07) is 4.90. The van der Waals surface area contributed by atoms with Gasteiger partial charge in [-0.25, -0.2) is 0 Å². The highest BCUT2D eigenvalue weighted by Gasteiger charge is 2.13.